The zero-order chi connectivity index (χ0) is 22.9. The Kier molecular flexibility index (Phi) is 8.00. The highest BCUT2D eigenvalue weighted by Gasteiger charge is 2.11. The lowest BCUT2D eigenvalue weighted by molar-refractivity contribution is -0.118. The number of ether oxygens (including phenoxy) is 1. The summed E-state index contributed by atoms with van der Waals surface area (Å²) < 4.78 is 6.47. The predicted molar refractivity (Wildman–Crippen MR) is 133 cm³/mol. The van der Waals surface area contributed by atoms with Gasteiger partial charge in [0.1, 0.15) is 17.4 Å². The second-order valence-electron chi connectivity index (χ2n) is 6.82. The second-order valence-corrected chi connectivity index (χ2v) is 7.99. The molecular formula is C25H20IN3O3. The molecule has 160 valence electrons. The fourth-order valence-corrected chi connectivity index (χ4v) is 3.30. The van der Waals surface area contributed by atoms with Crippen molar-refractivity contribution in [2.75, 3.05) is 17.2 Å². The molecular weight excluding hydrogens is 517 g/mol. The molecule has 2 N–H and O–H groups in total. The van der Waals surface area contributed by atoms with Gasteiger partial charge >= 0.3 is 0 Å². The van der Waals surface area contributed by atoms with Crippen LogP contribution in [0.2, 0.25) is 0 Å². The molecule has 0 aliphatic rings. The van der Waals surface area contributed by atoms with E-state index in [1.165, 1.54) is 6.08 Å². The number of nitrogens with one attached hydrogen (secondary N) is 2. The van der Waals surface area contributed by atoms with Crippen LogP contribution in [-0.2, 0) is 9.59 Å². The normalized spacial score (nSPS) is 10.7. The molecule has 0 atom stereocenters. The number of halogens is 1. The van der Waals surface area contributed by atoms with Crippen LogP contribution in [0.1, 0.15) is 11.1 Å². The summed E-state index contributed by atoms with van der Waals surface area (Å²) >= 11 is 2.15. The second kappa shape index (κ2) is 11.1. The van der Waals surface area contributed by atoms with Gasteiger partial charge in [-0.2, -0.15) is 5.26 Å². The number of carbonyl (C=O) groups excluding carboxylic acids is 2. The van der Waals surface area contributed by atoms with Gasteiger partial charge in [0.25, 0.3) is 11.8 Å². The van der Waals surface area contributed by atoms with E-state index in [1.54, 1.807) is 30.3 Å². The third kappa shape index (κ3) is 6.43. The molecule has 0 aliphatic heterocycles. The average Bonchev–Trinajstić information content (AvgIpc) is 2.80. The van der Waals surface area contributed by atoms with Gasteiger partial charge in [-0.15, -0.1) is 0 Å². The Morgan fingerprint density at radius 3 is 2.28 bits per heavy atom. The molecule has 0 spiro atoms. The van der Waals surface area contributed by atoms with Crippen molar-refractivity contribution >= 4 is 51.9 Å². The molecule has 0 saturated heterocycles. The van der Waals surface area contributed by atoms with Gasteiger partial charge in [0.05, 0.1) is 5.69 Å². The van der Waals surface area contributed by atoms with Crippen LogP contribution >= 0.6 is 22.6 Å². The van der Waals surface area contributed by atoms with Gasteiger partial charge in [0, 0.05) is 9.26 Å². The summed E-state index contributed by atoms with van der Waals surface area (Å²) in [5, 5.41) is 14.9. The van der Waals surface area contributed by atoms with E-state index in [-0.39, 0.29) is 18.1 Å². The number of nitrogens with zero attached hydrogens (tertiary/aromatic N) is 1. The number of hydrogen-bond donors (Lipinski definition) is 2. The molecule has 3 aromatic carbocycles. The lowest BCUT2D eigenvalue weighted by Crippen LogP contribution is -2.20. The molecule has 7 heteroatoms. The first kappa shape index (κ1) is 23.0. The van der Waals surface area contributed by atoms with Crippen LogP contribution in [0.3, 0.4) is 0 Å². The molecule has 0 aromatic heterocycles. The smallest absolute Gasteiger partial charge is 0.266 e. The van der Waals surface area contributed by atoms with Gasteiger partial charge in [-0.05, 0) is 77.0 Å². The highest BCUT2D eigenvalue weighted by atomic mass is 127. The molecule has 2 amide bonds. The Bertz CT molecular complexity index is 1200. The lowest BCUT2D eigenvalue weighted by atomic mass is 10.1. The van der Waals surface area contributed by atoms with Gasteiger partial charge in [-0.3, -0.25) is 9.59 Å². The average molecular weight is 537 g/mol. The maximum atomic E-state index is 12.4. The summed E-state index contributed by atoms with van der Waals surface area (Å²) in [7, 11) is 0. The zero-order valence-electron chi connectivity index (χ0n) is 17.3. The minimum Gasteiger partial charge on any atom is -0.484 e. The van der Waals surface area contributed by atoms with Gasteiger partial charge in [0.15, 0.2) is 6.61 Å². The topological polar surface area (TPSA) is 91.2 Å². The molecule has 0 fully saturated rings. The summed E-state index contributed by atoms with van der Waals surface area (Å²) in [6.07, 6.45) is 1.50. The standard InChI is InChI=1S/C25H20IN3O3/c1-17-6-2-4-8-22(17)29-25(31)19(15-27)14-18-10-12-20(13-11-18)32-16-24(30)28-23-9-5-3-7-21(23)26/h2-14H,16H2,1H3,(H,28,30)(H,29,31)/b19-14+. The maximum Gasteiger partial charge on any atom is 0.266 e. The lowest BCUT2D eigenvalue weighted by Gasteiger charge is -2.09. The van der Waals surface area contributed by atoms with Gasteiger partial charge in [-0.25, -0.2) is 0 Å². The molecule has 32 heavy (non-hydrogen) atoms. The monoisotopic (exact) mass is 537 g/mol. The third-order valence-electron chi connectivity index (χ3n) is 4.47. The van der Waals surface area contributed by atoms with Gasteiger partial charge in [0.2, 0.25) is 0 Å². The molecule has 0 bridgehead atoms. The van der Waals surface area contributed by atoms with Crippen molar-refractivity contribution in [3.05, 3.63) is 93.1 Å². The van der Waals surface area contributed by atoms with E-state index in [1.807, 2.05) is 55.5 Å². The van der Waals surface area contributed by atoms with Crippen molar-refractivity contribution in [1.82, 2.24) is 0 Å². The van der Waals surface area contributed by atoms with E-state index in [2.05, 4.69) is 33.2 Å². The minimum atomic E-state index is -0.477. The summed E-state index contributed by atoms with van der Waals surface area (Å²) in [6.45, 7) is 1.74. The van der Waals surface area contributed by atoms with Crippen LogP contribution in [0.5, 0.6) is 5.75 Å². The van der Waals surface area contributed by atoms with E-state index < -0.39 is 5.91 Å². The Labute approximate surface area is 200 Å². The Hall–Kier alpha value is -3.64. The van der Waals surface area contributed by atoms with Crippen molar-refractivity contribution in [2.24, 2.45) is 0 Å². The first-order valence-electron chi connectivity index (χ1n) is 9.72. The Balaban J connectivity index is 1.59. The maximum absolute atomic E-state index is 12.4. The molecule has 0 radical (unpaired) electrons. The number of amides is 2. The molecule has 0 aliphatic carbocycles. The first-order chi connectivity index (χ1) is 15.5. The highest BCUT2D eigenvalue weighted by Crippen LogP contribution is 2.19. The molecule has 6 nitrogen and oxygen atoms in total. The number of aryl methyl sites for hydroxylation is 1. The van der Waals surface area contributed by atoms with E-state index in [0.717, 1.165) is 14.8 Å². The minimum absolute atomic E-state index is 0.0150. The highest BCUT2D eigenvalue weighted by molar-refractivity contribution is 14.1. The van der Waals surface area contributed by atoms with Crippen molar-refractivity contribution in [3.8, 4) is 11.8 Å². The van der Waals surface area contributed by atoms with Crippen LogP contribution in [0.15, 0.2) is 78.4 Å². The fourth-order valence-electron chi connectivity index (χ4n) is 2.78. The quantitative estimate of drug-likeness (QED) is 0.248. The number of para-hydroxylation sites is 2. The number of anilines is 2. The van der Waals surface area contributed by atoms with Crippen molar-refractivity contribution in [3.63, 3.8) is 0 Å². The van der Waals surface area contributed by atoms with Crippen LogP contribution in [-0.4, -0.2) is 18.4 Å². The molecule has 0 unspecified atom stereocenters. The van der Waals surface area contributed by atoms with Crippen LogP contribution in [0.25, 0.3) is 6.08 Å². The molecule has 0 saturated carbocycles. The van der Waals surface area contributed by atoms with Crippen LogP contribution in [0, 0.1) is 21.8 Å². The fraction of sp³-hybridized carbons (Fsp3) is 0.0800. The van der Waals surface area contributed by atoms with Gasteiger partial charge < -0.3 is 15.4 Å². The molecule has 3 aromatic rings. The van der Waals surface area contributed by atoms with Crippen LogP contribution < -0.4 is 15.4 Å². The number of hydrogen-bond acceptors (Lipinski definition) is 4. The van der Waals surface area contributed by atoms with Crippen molar-refractivity contribution in [1.29, 1.82) is 5.26 Å². The Morgan fingerprint density at radius 2 is 1.62 bits per heavy atom. The number of carbonyl (C=O) groups is 2. The number of nitriles is 1. The summed E-state index contributed by atoms with van der Waals surface area (Å²) in [5.41, 5.74) is 2.95. The summed E-state index contributed by atoms with van der Waals surface area (Å²) in [4.78, 5) is 24.6. The molecule has 0 heterocycles. The Morgan fingerprint density at radius 1 is 0.969 bits per heavy atom. The summed E-state index contributed by atoms with van der Waals surface area (Å²) in [6, 6.07) is 23.6. The third-order valence-corrected chi connectivity index (χ3v) is 5.41. The number of benzene rings is 3. The summed E-state index contributed by atoms with van der Waals surface area (Å²) in [5.74, 6) is -0.241. The van der Waals surface area contributed by atoms with Crippen molar-refractivity contribution < 1.29 is 14.3 Å². The van der Waals surface area contributed by atoms with Crippen LogP contribution in [0.4, 0.5) is 11.4 Å². The van der Waals surface area contributed by atoms with E-state index in [9.17, 15) is 14.9 Å². The number of rotatable bonds is 7. The van der Waals surface area contributed by atoms with Gasteiger partial charge in [-0.1, -0.05) is 42.5 Å². The van der Waals surface area contributed by atoms with E-state index in [4.69, 9.17) is 4.74 Å². The SMILES string of the molecule is Cc1ccccc1NC(=O)/C(C#N)=C/c1ccc(OCC(=O)Nc2ccccc2I)cc1. The largest absolute Gasteiger partial charge is 0.484 e. The van der Waals surface area contributed by atoms with E-state index >= 15 is 0 Å². The van der Waals surface area contributed by atoms with E-state index in [0.29, 0.717) is 17.0 Å². The zero-order valence-corrected chi connectivity index (χ0v) is 19.4. The molecule has 3 rings (SSSR count). The first-order valence-corrected chi connectivity index (χ1v) is 10.8. The van der Waals surface area contributed by atoms with Crippen molar-refractivity contribution in [2.45, 2.75) is 6.92 Å². The predicted octanol–water partition coefficient (Wildman–Crippen LogP) is 5.16.